The second-order valence-corrected chi connectivity index (χ2v) is 6.20. The molecule has 18 heavy (non-hydrogen) atoms. The molecule has 0 N–H and O–H groups in total. The maximum atomic E-state index is 12.2. The Kier molecular flexibility index (Phi) is 2.15. The van der Waals surface area contributed by atoms with Gasteiger partial charge in [0, 0.05) is 16.2 Å². The first kappa shape index (κ1) is 11.4. The number of terminal acetylenes is 1. The summed E-state index contributed by atoms with van der Waals surface area (Å²) in [6.07, 6.45) is 6.08. The molecule has 1 aliphatic carbocycles. The molecule has 0 aromatic heterocycles. The Bertz CT molecular complexity index is 639. The highest BCUT2D eigenvalue weighted by atomic mass is 32.2. The molecule has 0 amide bonds. The third-order valence-electron chi connectivity index (χ3n) is 4.10. The summed E-state index contributed by atoms with van der Waals surface area (Å²) >= 11 is 1.18. The summed E-state index contributed by atoms with van der Waals surface area (Å²) in [5.41, 5.74) is -0.252. The van der Waals surface area contributed by atoms with Crippen molar-refractivity contribution in [2.45, 2.75) is 24.2 Å². The number of hydrogen-bond donors (Lipinski definition) is 0. The van der Waals surface area contributed by atoms with Crippen molar-refractivity contribution in [2.75, 3.05) is 0 Å². The molecule has 2 aliphatic rings. The van der Waals surface area contributed by atoms with Gasteiger partial charge in [-0.25, -0.2) is 0 Å². The van der Waals surface area contributed by atoms with Gasteiger partial charge in [-0.05, 0) is 36.7 Å². The van der Waals surface area contributed by atoms with E-state index in [-0.39, 0.29) is 16.4 Å². The minimum absolute atomic E-state index is 0.0542. The fraction of sp³-hybridized carbons (Fsp3) is 0.333. The molecule has 3 rings (SSSR count). The van der Waals surface area contributed by atoms with Gasteiger partial charge >= 0.3 is 0 Å². The maximum absolute atomic E-state index is 12.2. The van der Waals surface area contributed by atoms with Crippen LogP contribution in [0.4, 0.5) is 0 Å². The second kappa shape index (κ2) is 3.40. The van der Waals surface area contributed by atoms with Crippen molar-refractivity contribution in [3.8, 4) is 18.4 Å². The zero-order chi connectivity index (χ0) is 13.0. The fourth-order valence-electron chi connectivity index (χ4n) is 3.28. The van der Waals surface area contributed by atoms with Gasteiger partial charge in [-0.1, -0.05) is 24.1 Å². The number of carbonyl (C=O) groups excluding carboxylic acids is 1. The van der Waals surface area contributed by atoms with E-state index < -0.39 is 5.41 Å². The van der Waals surface area contributed by atoms with Crippen LogP contribution in [0.2, 0.25) is 0 Å². The molecule has 0 saturated heterocycles. The molecule has 0 bridgehead atoms. The molecule has 1 aromatic rings. The van der Waals surface area contributed by atoms with Gasteiger partial charge < -0.3 is 0 Å². The highest BCUT2D eigenvalue weighted by molar-refractivity contribution is 8.14. The van der Waals surface area contributed by atoms with Crippen LogP contribution in [-0.2, 0) is 4.79 Å². The lowest BCUT2D eigenvalue weighted by Gasteiger charge is -2.56. The maximum Gasteiger partial charge on any atom is 0.214 e. The topological polar surface area (TPSA) is 40.9 Å². The number of hydrogen-bond acceptors (Lipinski definition) is 3. The summed E-state index contributed by atoms with van der Waals surface area (Å²) in [7, 11) is 0. The molecule has 1 heterocycles. The van der Waals surface area contributed by atoms with E-state index in [2.05, 4.69) is 12.0 Å². The van der Waals surface area contributed by atoms with Crippen molar-refractivity contribution in [2.24, 2.45) is 10.8 Å². The van der Waals surface area contributed by atoms with E-state index in [0.717, 1.165) is 10.5 Å². The van der Waals surface area contributed by atoms with Crippen molar-refractivity contribution in [3.63, 3.8) is 0 Å². The van der Waals surface area contributed by atoms with Gasteiger partial charge in [0.2, 0.25) is 5.12 Å². The third kappa shape index (κ3) is 1.13. The number of rotatable bonds is 0. The lowest BCUT2D eigenvalue weighted by atomic mass is 9.45. The van der Waals surface area contributed by atoms with Crippen molar-refractivity contribution in [3.05, 3.63) is 29.8 Å². The smallest absolute Gasteiger partial charge is 0.214 e. The van der Waals surface area contributed by atoms with Crippen LogP contribution in [0, 0.1) is 34.5 Å². The Hall–Kier alpha value is -1.71. The average molecular weight is 253 g/mol. The highest BCUT2D eigenvalue weighted by Crippen LogP contribution is 2.69. The van der Waals surface area contributed by atoms with Gasteiger partial charge in [0.05, 0.1) is 6.07 Å². The average Bonchev–Trinajstić information content (AvgIpc) is 2.37. The van der Waals surface area contributed by atoms with Crippen LogP contribution in [0.5, 0.6) is 0 Å². The minimum atomic E-state index is -0.917. The first-order valence-corrected chi connectivity index (χ1v) is 6.59. The van der Waals surface area contributed by atoms with Gasteiger partial charge in [-0.15, -0.1) is 6.42 Å². The van der Waals surface area contributed by atoms with Gasteiger partial charge in [-0.2, -0.15) is 5.26 Å². The number of carbonyl (C=O) groups is 1. The predicted molar refractivity (Wildman–Crippen MR) is 69.7 cm³/mol. The van der Waals surface area contributed by atoms with Gasteiger partial charge in [0.1, 0.15) is 5.41 Å². The Labute approximate surface area is 110 Å². The van der Waals surface area contributed by atoms with Gasteiger partial charge in [0.25, 0.3) is 0 Å². The Morgan fingerprint density at radius 2 is 2.22 bits per heavy atom. The van der Waals surface area contributed by atoms with E-state index in [1.165, 1.54) is 11.8 Å². The Balaban J connectivity index is 2.24. The van der Waals surface area contributed by atoms with E-state index in [1.54, 1.807) is 0 Å². The van der Waals surface area contributed by atoms with Crippen molar-refractivity contribution < 1.29 is 4.79 Å². The van der Waals surface area contributed by atoms with E-state index in [1.807, 2.05) is 31.2 Å². The quantitative estimate of drug-likeness (QED) is 0.667. The fourth-order valence-corrected chi connectivity index (χ4v) is 4.35. The number of thioether (sulfide) groups is 1. The molecule has 3 heteroatoms. The normalized spacial score (nSPS) is 36.6. The molecular weight excluding hydrogens is 242 g/mol. The molecule has 3 atom stereocenters. The van der Waals surface area contributed by atoms with Crippen molar-refractivity contribution >= 4 is 16.9 Å². The first-order valence-electron chi connectivity index (χ1n) is 5.78. The molecule has 1 fully saturated rings. The zero-order valence-electron chi connectivity index (χ0n) is 9.93. The molecule has 1 saturated carbocycles. The van der Waals surface area contributed by atoms with Crippen LogP contribution in [0.3, 0.4) is 0 Å². The van der Waals surface area contributed by atoms with Crippen LogP contribution < -0.4 is 0 Å². The molecule has 1 aliphatic heterocycles. The zero-order valence-corrected chi connectivity index (χ0v) is 10.8. The molecule has 1 aromatic carbocycles. The van der Waals surface area contributed by atoms with Crippen LogP contribution in [0.25, 0.3) is 0 Å². The molecule has 2 nitrogen and oxygen atoms in total. The number of nitriles is 1. The summed E-state index contributed by atoms with van der Waals surface area (Å²) in [6, 6.07) is 9.99. The molecule has 0 unspecified atom stereocenters. The second-order valence-electron chi connectivity index (χ2n) is 5.18. The van der Waals surface area contributed by atoms with Crippen molar-refractivity contribution in [1.29, 1.82) is 5.26 Å². The number of fused-ring (bicyclic) bond motifs is 3. The van der Waals surface area contributed by atoms with Crippen LogP contribution in [0.1, 0.15) is 24.8 Å². The summed E-state index contributed by atoms with van der Waals surface area (Å²) in [5, 5.41) is 9.39. The van der Waals surface area contributed by atoms with E-state index in [0.29, 0.717) is 6.42 Å². The van der Waals surface area contributed by atoms with Gasteiger partial charge in [0.15, 0.2) is 0 Å². The van der Waals surface area contributed by atoms with E-state index >= 15 is 0 Å². The summed E-state index contributed by atoms with van der Waals surface area (Å²) in [5.74, 6) is 2.62. The molecule has 0 spiro atoms. The Morgan fingerprint density at radius 1 is 1.50 bits per heavy atom. The first-order chi connectivity index (χ1) is 8.57. The third-order valence-corrected chi connectivity index (χ3v) is 5.24. The predicted octanol–water partition coefficient (Wildman–Crippen LogP) is 2.96. The highest BCUT2D eigenvalue weighted by Gasteiger charge is 2.67. The SMILES string of the molecule is C#C[C@@]1(C)C[C@]2(C#N)C(=O)Sc3ccccc3[C@H]12. The van der Waals surface area contributed by atoms with Crippen LogP contribution in [-0.4, -0.2) is 5.12 Å². The molecule has 88 valence electrons. The number of benzene rings is 1. The van der Waals surface area contributed by atoms with Crippen molar-refractivity contribution in [1.82, 2.24) is 0 Å². The lowest BCUT2D eigenvalue weighted by Crippen LogP contribution is -2.56. The molecular formula is C15H11NOS. The molecule has 0 radical (unpaired) electrons. The summed E-state index contributed by atoms with van der Waals surface area (Å²) in [4.78, 5) is 13.2. The van der Waals surface area contributed by atoms with Gasteiger partial charge in [-0.3, -0.25) is 4.79 Å². The van der Waals surface area contributed by atoms with Crippen LogP contribution in [0.15, 0.2) is 29.2 Å². The number of nitrogens with zero attached hydrogens (tertiary/aromatic N) is 1. The minimum Gasteiger partial charge on any atom is -0.285 e. The lowest BCUT2D eigenvalue weighted by molar-refractivity contribution is -0.128. The standard InChI is InChI=1S/C15H11NOS/c1-3-14(2)8-15(9-16)12(14)10-6-4-5-7-11(10)18-13(15)17/h1,4-7,12H,8H2,2H3/t12-,14+,15-/m1/s1. The summed E-state index contributed by atoms with van der Waals surface area (Å²) in [6.45, 7) is 1.97. The monoisotopic (exact) mass is 253 g/mol. The largest absolute Gasteiger partial charge is 0.285 e. The van der Waals surface area contributed by atoms with Crippen LogP contribution >= 0.6 is 11.8 Å². The van der Waals surface area contributed by atoms with E-state index in [9.17, 15) is 10.1 Å². The Morgan fingerprint density at radius 3 is 2.89 bits per heavy atom. The summed E-state index contributed by atoms with van der Waals surface area (Å²) < 4.78 is 0. The van der Waals surface area contributed by atoms with E-state index in [4.69, 9.17) is 6.42 Å².